The van der Waals surface area contributed by atoms with Crippen molar-refractivity contribution in [1.29, 1.82) is 0 Å². The first-order valence-electron chi connectivity index (χ1n) is 9.64. The lowest BCUT2D eigenvalue weighted by Gasteiger charge is -2.14. The molecule has 0 amide bonds. The molecule has 0 radical (unpaired) electrons. The van der Waals surface area contributed by atoms with Gasteiger partial charge in [0.2, 0.25) is 5.13 Å². The van der Waals surface area contributed by atoms with E-state index < -0.39 is 5.97 Å². The number of nitrogens with one attached hydrogen (secondary N) is 1. The quantitative estimate of drug-likeness (QED) is 0.494. The van der Waals surface area contributed by atoms with E-state index in [9.17, 15) is 4.79 Å². The summed E-state index contributed by atoms with van der Waals surface area (Å²) in [5, 5.41) is 10.4. The van der Waals surface area contributed by atoms with E-state index in [-0.39, 0.29) is 6.04 Å². The van der Waals surface area contributed by atoms with E-state index in [1.54, 1.807) is 25.8 Å². The van der Waals surface area contributed by atoms with Crippen LogP contribution in [0.1, 0.15) is 29.9 Å². The van der Waals surface area contributed by atoms with Crippen LogP contribution in [0.25, 0.3) is 16.4 Å². The van der Waals surface area contributed by atoms with E-state index in [1.807, 2.05) is 36.6 Å². The molecule has 1 atom stereocenters. The highest BCUT2D eigenvalue weighted by Gasteiger charge is 2.21. The number of aromatic nitrogens is 3. The van der Waals surface area contributed by atoms with Gasteiger partial charge < -0.3 is 19.5 Å². The van der Waals surface area contributed by atoms with Gasteiger partial charge in [-0.15, -0.1) is 11.3 Å². The van der Waals surface area contributed by atoms with Crippen molar-refractivity contribution < 1.29 is 19.0 Å². The molecule has 0 bridgehead atoms. The molecule has 3 aromatic rings. The number of thiazole rings is 1. The Morgan fingerprint density at radius 3 is 2.70 bits per heavy atom. The summed E-state index contributed by atoms with van der Waals surface area (Å²) in [7, 11) is 3.29. The summed E-state index contributed by atoms with van der Waals surface area (Å²) in [5.41, 5.74) is 2.93. The molecule has 0 fully saturated rings. The summed E-state index contributed by atoms with van der Waals surface area (Å²) >= 11 is 1.46. The molecule has 0 spiro atoms. The summed E-state index contributed by atoms with van der Waals surface area (Å²) in [4.78, 5) is 17.1. The number of benzene rings is 1. The Hall–Kier alpha value is -2.75. The monoisotopic (exact) mass is 430 g/mol. The maximum Gasteiger partial charge on any atom is 0.341 e. The third-order valence-corrected chi connectivity index (χ3v) is 5.27. The Morgan fingerprint density at radius 1 is 1.27 bits per heavy atom. The fraction of sp³-hybridized carbons (Fsp3) is 0.381. The molecule has 2 heterocycles. The highest BCUT2D eigenvalue weighted by Crippen LogP contribution is 2.27. The fourth-order valence-corrected chi connectivity index (χ4v) is 3.74. The Kier molecular flexibility index (Phi) is 7.56. The minimum absolute atomic E-state index is 0.111. The largest absolute Gasteiger partial charge is 0.497 e. The zero-order valence-electron chi connectivity index (χ0n) is 17.5. The van der Waals surface area contributed by atoms with Crippen molar-refractivity contribution in [3.63, 3.8) is 0 Å². The molecule has 160 valence electrons. The fourth-order valence-electron chi connectivity index (χ4n) is 2.92. The van der Waals surface area contributed by atoms with Crippen LogP contribution in [0, 0.1) is 0 Å². The molecule has 1 N–H and O–H groups in total. The first-order chi connectivity index (χ1) is 14.6. The van der Waals surface area contributed by atoms with Crippen LogP contribution in [0.5, 0.6) is 5.75 Å². The molecule has 0 aliphatic carbocycles. The summed E-state index contributed by atoms with van der Waals surface area (Å²) in [6.07, 6.45) is 1.53. The average Bonchev–Trinajstić information content (AvgIpc) is 3.40. The maximum atomic E-state index is 12.4. The van der Waals surface area contributed by atoms with Crippen molar-refractivity contribution in [1.82, 2.24) is 20.1 Å². The Morgan fingerprint density at radius 2 is 2.03 bits per heavy atom. The van der Waals surface area contributed by atoms with Crippen molar-refractivity contribution in [2.75, 3.05) is 27.4 Å². The van der Waals surface area contributed by atoms with Gasteiger partial charge >= 0.3 is 5.97 Å². The third-order valence-electron chi connectivity index (χ3n) is 4.46. The molecule has 0 saturated carbocycles. The van der Waals surface area contributed by atoms with Gasteiger partial charge in [0.25, 0.3) is 0 Å². The van der Waals surface area contributed by atoms with Crippen LogP contribution >= 0.6 is 11.3 Å². The number of carbonyl (C=O) groups excluding carboxylic acids is 1. The highest BCUT2D eigenvalue weighted by molar-refractivity contribution is 7.12. The normalized spacial score (nSPS) is 12.0. The number of ether oxygens (including phenoxy) is 3. The molecule has 0 aliphatic heterocycles. The smallest absolute Gasteiger partial charge is 0.341 e. The van der Waals surface area contributed by atoms with E-state index in [1.165, 1.54) is 17.5 Å². The molecule has 2 aromatic heterocycles. The summed E-state index contributed by atoms with van der Waals surface area (Å²) in [6, 6.07) is 7.82. The van der Waals surface area contributed by atoms with Gasteiger partial charge in [-0.05, 0) is 38.1 Å². The maximum absolute atomic E-state index is 12.4. The summed E-state index contributed by atoms with van der Waals surface area (Å²) in [6.45, 7) is 5.08. The van der Waals surface area contributed by atoms with Gasteiger partial charge in [-0.3, -0.25) is 0 Å². The van der Waals surface area contributed by atoms with Gasteiger partial charge in [-0.1, -0.05) is 0 Å². The van der Waals surface area contributed by atoms with E-state index in [2.05, 4.69) is 10.4 Å². The highest BCUT2D eigenvalue weighted by atomic mass is 32.1. The predicted octanol–water partition coefficient (Wildman–Crippen LogP) is 3.31. The van der Waals surface area contributed by atoms with Crippen LogP contribution in [0.2, 0.25) is 0 Å². The molecule has 8 nitrogen and oxygen atoms in total. The number of methoxy groups -OCH3 is 2. The average molecular weight is 431 g/mol. The molecule has 0 aliphatic rings. The molecular formula is C21H26N4O4S. The van der Waals surface area contributed by atoms with Crippen molar-refractivity contribution in [2.24, 2.45) is 0 Å². The lowest BCUT2D eigenvalue weighted by Crippen LogP contribution is -2.31. The SMILES string of the molecule is CCOC(=O)c1cnn(-c2nc(-c3ccc(OC)cc3)cs2)c1CN[C@@H](C)COC. The van der Waals surface area contributed by atoms with E-state index in [0.717, 1.165) is 17.0 Å². The molecule has 3 rings (SSSR count). The van der Waals surface area contributed by atoms with Crippen LogP contribution in [-0.2, 0) is 16.0 Å². The van der Waals surface area contributed by atoms with Gasteiger partial charge in [0.05, 0.1) is 37.9 Å². The minimum atomic E-state index is -0.396. The van der Waals surface area contributed by atoms with E-state index in [0.29, 0.717) is 36.1 Å². The first kappa shape index (κ1) is 21.9. The Balaban J connectivity index is 1.90. The lowest BCUT2D eigenvalue weighted by molar-refractivity contribution is 0.0524. The summed E-state index contributed by atoms with van der Waals surface area (Å²) < 4.78 is 17.3. The second kappa shape index (κ2) is 10.3. The zero-order chi connectivity index (χ0) is 21.5. The first-order valence-corrected chi connectivity index (χ1v) is 10.5. The van der Waals surface area contributed by atoms with Crippen LogP contribution in [0.15, 0.2) is 35.8 Å². The van der Waals surface area contributed by atoms with Crippen molar-refractivity contribution in [3.8, 4) is 22.1 Å². The number of carbonyl (C=O) groups is 1. The number of hydrogen-bond donors (Lipinski definition) is 1. The molecule has 1 aromatic carbocycles. The van der Waals surface area contributed by atoms with Gasteiger partial charge in [-0.2, -0.15) is 5.10 Å². The predicted molar refractivity (Wildman–Crippen MR) is 115 cm³/mol. The second-order valence-corrected chi connectivity index (χ2v) is 7.45. The third kappa shape index (κ3) is 5.05. The molecule has 30 heavy (non-hydrogen) atoms. The lowest BCUT2D eigenvalue weighted by atomic mass is 10.2. The van der Waals surface area contributed by atoms with Crippen LogP contribution in [0.3, 0.4) is 0 Å². The van der Waals surface area contributed by atoms with Crippen molar-refractivity contribution in [3.05, 3.63) is 47.1 Å². The van der Waals surface area contributed by atoms with Crippen molar-refractivity contribution >= 4 is 17.3 Å². The zero-order valence-corrected chi connectivity index (χ0v) is 18.4. The van der Waals surface area contributed by atoms with Crippen LogP contribution in [-0.4, -0.2) is 54.2 Å². The molecular weight excluding hydrogens is 404 g/mol. The van der Waals surface area contributed by atoms with Gasteiger partial charge in [0, 0.05) is 30.6 Å². The van der Waals surface area contributed by atoms with E-state index >= 15 is 0 Å². The summed E-state index contributed by atoms with van der Waals surface area (Å²) in [5.74, 6) is 0.394. The van der Waals surface area contributed by atoms with Crippen LogP contribution < -0.4 is 10.1 Å². The topological polar surface area (TPSA) is 87.5 Å². The van der Waals surface area contributed by atoms with Gasteiger partial charge in [0.15, 0.2) is 0 Å². The number of hydrogen-bond acceptors (Lipinski definition) is 8. The van der Waals surface area contributed by atoms with E-state index in [4.69, 9.17) is 19.2 Å². The molecule has 9 heteroatoms. The van der Waals surface area contributed by atoms with Crippen LogP contribution in [0.4, 0.5) is 0 Å². The van der Waals surface area contributed by atoms with Gasteiger partial charge in [0.1, 0.15) is 11.3 Å². The Bertz CT molecular complexity index is 968. The molecule has 0 unspecified atom stereocenters. The number of nitrogens with zero attached hydrogens (tertiary/aromatic N) is 3. The van der Waals surface area contributed by atoms with Crippen molar-refractivity contribution in [2.45, 2.75) is 26.4 Å². The standard InChI is InChI=1S/C21H26N4O4S/c1-5-29-20(26)17-10-23-25(19(17)11-22-14(2)12-27-3)21-24-18(13-30-21)15-6-8-16(28-4)9-7-15/h6-10,13-14,22H,5,11-12H2,1-4H3/t14-/m0/s1. The second-order valence-electron chi connectivity index (χ2n) is 6.62. The minimum Gasteiger partial charge on any atom is -0.497 e. The Labute approximate surface area is 179 Å². The molecule has 0 saturated heterocycles. The number of esters is 1. The van der Waals surface area contributed by atoms with Gasteiger partial charge in [-0.25, -0.2) is 14.5 Å². The number of rotatable bonds is 10.